The van der Waals surface area contributed by atoms with Crippen LogP contribution in [0, 0.1) is 5.92 Å². The van der Waals surface area contributed by atoms with Crippen molar-refractivity contribution in [2.75, 3.05) is 14.1 Å². The Balaban J connectivity index is 2.66. The second-order valence-corrected chi connectivity index (χ2v) is 4.20. The van der Waals surface area contributed by atoms with Gasteiger partial charge in [0.2, 0.25) is 5.89 Å². The summed E-state index contributed by atoms with van der Waals surface area (Å²) in [5.74, 6) is 1.59. The van der Waals surface area contributed by atoms with Gasteiger partial charge in [0.15, 0.2) is 5.82 Å². The van der Waals surface area contributed by atoms with Gasteiger partial charge in [-0.2, -0.15) is 4.98 Å². The highest BCUT2D eigenvalue weighted by Gasteiger charge is 2.19. The summed E-state index contributed by atoms with van der Waals surface area (Å²) >= 11 is 0. The average molecular weight is 212 g/mol. The average Bonchev–Trinajstić information content (AvgIpc) is 2.63. The third-order valence-corrected chi connectivity index (χ3v) is 2.48. The maximum Gasteiger partial charge on any atom is 0.243 e. The minimum Gasteiger partial charge on any atom is -0.338 e. The molecule has 0 saturated heterocycles. The van der Waals surface area contributed by atoms with Gasteiger partial charge >= 0.3 is 0 Å². The van der Waals surface area contributed by atoms with Crippen LogP contribution in [0.2, 0.25) is 0 Å². The normalized spacial score (nSPS) is 15.6. The number of hydrogen-bond acceptors (Lipinski definition) is 5. The van der Waals surface area contributed by atoms with Gasteiger partial charge in [0.1, 0.15) is 0 Å². The van der Waals surface area contributed by atoms with E-state index in [1.807, 2.05) is 19.0 Å². The van der Waals surface area contributed by atoms with Crippen molar-refractivity contribution in [3.63, 3.8) is 0 Å². The van der Waals surface area contributed by atoms with E-state index >= 15 is 0 Å². The quantitative estimate of drug-likeness (QED) is 0.793. The largest absolute Gasteiger partial charge is 0.338 e. The zero-order valence-corrected chi connectivity index (χ0v) is 9.90. The summed E-state index contributed by atoms with van der Waals surface area (Å²) in [7, 11) is 3.93. The van der Waals surface area contributed by atoms with Crippen molar-refractivity contribution >= 4 is 0 Å². The highest BCUT2D eigenvalue weighted by atomic mass is 16.5. The van der Waals surface area contributed by atoms with E-state index in [1.54, 1.807) is 0 Å². The lowest BCUT2D eigenvalue weighted by molar-refractivity contribution is 0.306. The Morgan fingerprint density at radius 3 is 2.67 bits per heavy atom. The molecule has 0 bridgehead atoms. The zero-order valence-electron chi connectivity index (χ0n) is 9.90. The lowest BCUT2D eigenvalue weighted by Crippen LogP contribution is -2.19. The molecule has 0 aliphatic rings. The van der Waals surface area contributed by atoms with E-state index < -0.39 is 0 Å². The number of nitrogens with two attached hydrogens (primary N) is 1. The molecule has 1 rings (SSSR count). The zero-order chi connectivity index (χ0) is 11.4. The van der Waals surface area contributed by atoms with Crippen LogP contribution in [-0.4, -0.2) is 29.1 Å². The van der Waals surface area contributed by atoms with E-state index in [2.05, 4.69) is 24.0 Å². The summed E-state index contributed by atoms with van der Waals surface area (Å²) in [6.07, 6.45) is 1.01. The highest BCUT2D eigenvalue weighted by molar-refractivity contribution is 4.93. The summed E-state index contributed by atoms with van der Waals surface area (Å²) in [4.78, 5) is 6.26. The molecule has 0 fully saturated rings. The number of rotatable bonds is 5. The monoisotopic (exact) mass is 212 g/mol. The van der Waals surface area contributed by atoms with E-state index in [-0.39, 0.29) is 6.04 Å². The summed E-state index contributed by atoms with van der Waals surface area (Å²) in [5, 5.41) is 3.89. The van der Waals surface area contributed by atoms with Gasteiger partial charge in [-0.05, 0) is 20.0 Å². The fourth-order valence-corrected chi connectivity index (χ4v) is 1.25. The van der Waals surface area contributed by atoms with Gasteiger partial charge in [-0.1, -0.05) is 25.4 Å². The second-order valence-electron chi connectivity index (χ2n) is 4.20. The number of hydrogen-bond donors (Lipinski definition) is 1. The van der Waals surface area contributed by atoms with Crippen molar-refractivity contribution in [3.8, 4) is 0 Å². The third kappa shape index (κ3) is 3.28. The lowest BCUT2D eigenvalue weighted by Gasteiger charge is -2.13. The molecule has 86 valence electrons. The molecule has 5 heteroatoms. The van der Waals surface area contributed by atoms with Crippen LogP contribution in [0.25, 0.3) is 0 Å². The molecule has 0 spiro atoms. The molecule has 0 amide bonds. The Hall–Kier alpha value is -0.940. The van der Waals surface area contributed by atoms with Gasteiger partial charge < -0.3 is 15.2 Å². The SMILES string of the molecule is CC[C@H](C)[C@H](N)c1nc(CN(C)C)no1. The van der Waals surface area contributed by atoms with Crippen molar-refractivity contribution in [1.82, 2.24) is 15.0 Å². The van der Waals surface area contributed by atoms with Crippen LogP contribution in [0.15, 0.2) is 4.52 Å². The fourth-order valence-electron chi connectivity index (χ4n) is 1.25. The molecule has 0 aliphatic heterocycles. The molecule has 1 aromatic heterocycles. The molecule has 1 aromatic rings. The molecule has 0 aromatic carbocycles. The Bertz CT molecular complexity index is 297. The Morgan fingerprint density at radius 2 is 2.13 bits per heavy atom. The Labute approximate surface area is 90.6 Å². The first-order valence-corrected chi connectivity index (χ1v) is 5.27. The smallest absolute Gasteiger partial charge is 0.243 e. The topological polar surface area (TPSA) is 68.2 Å². The molecule has 0 radical (unpaired) electrons. The van der Waals surface area contributed by atoms with E-state index in [1.165, 1.54) is 0 Å². The predicted molar refractivity (Wildman–Crippen MR) is 58.1 cm³/mol. The Morgan fingerprint density at radius 1 is 1.47 bits per heavy atom. The molecule has 0 saturated carbocycles. The van der Waals surface area contributed by atoms with Crippen LogP contribution in [0.1, 0.15) is 38.0 Å². The van der Waals surface area contributed by atoms with Gasteiger partial charge in [0, 0.05) is 0 Å². The van der Waals surface area contributed by atoms with E-state index in [4.69, 9.17) is 10.3 Å². The third-order valence-electron chi connectivity index (χ3n) is 2.48. The van der Waals surface area contributed by atoms with Crippen LogP contribution in [-0.2, 0) is 6.54 Å². The highest BCUT2D eigenvalue weighted by Crippen LogP contribution is 2.19. The van der Waals surface area contributed by atoms with Gasteiger partial charge in [0.25, 0.3) is 0 Å². The summed E-state index contributed by atoms with van der Waals surface area (Å²) in [6, 6.07) is -0.154. The van der Waals surface area contributed by atoms with Crippen molar-refractivity contribution < 1.29 is 4.52 Å². The molecule has 5 nitrogen and oxygen atoms in total. The molecule has 1 heterocycles. The lowest BCUT2D eigenvalue weighted by atomic mass is 10.0. The fraction of sp³-hybridized carbons (Fsp3) is 0.800. The van der Waals surface area contributed by atoms with Gasteiger partial charge in [-0.15, -0.1) is 0 Å². The summed E-state index contributed by atoms with van der Waals surface area (Å²) in [5.41, 5.74) is 5.98. The van der Waals surface area contributed by atoms with Crippen molar-refractivity contribution in [1.29, 1.82) is 0 Å². The molecule has 15 heavy (non-hydrogen) atoms. The predicted octanol–water partition coefficient (Wildman–Crippen LogP) is 1.18. The van der Waals surface area contributed by atoms with E-state index in [0.717, 1.165) is 6.42 Å². The molecular formula is C10H20N4O. The molecule has 0 unspecified atom stereocenters. The first kappa shape index (κ1) is 12.1. The molecular weight excluding hydrogens is 192 g/mol. The van der Waals surface area contributed by atoms with E-state index in [9.17, 15) is 0 Å². The van der Waals surface area contributed by atoms with E-state index in [0.29, 0.717) is 24.2 Å². The van der Waals surface area contributed by atoms with Crippen LogP contribution < -0.4 is 5.73 Å². The maximum absolute atomic E-state index is 5.98. The molecule has 2 atom stereocenters. The second kappa shape index (κ2) is 5.23. The van der Waals surface area contributed by atoms with Crippen molar-refractivity contribution in [2.45, 2.75) is 32.9 Å². The summed E-state index contributed by atoms with van der Waals surface area (Å²) < 4.78 is 5.14. The first-order chi connectivity index (χ1) is 7.04. The van der Waals surface area contributed by atoms with Gasteiger partial charge in [-0.3, -0.25) is 0 Å². The van der Waals surface area contributed by atoms with Gasteiger partial charge in [-0.25, -0.2) is 0 Å². The van der Waals surface area contributed by atoms with Crippen molar-refractivity contribution in [3.05, 3.63) is 11.7 Å². The molecule has 0 aliphatic carbocycles. The van der Waals surface area contributed by atoms with Crippen LogP contribution >= 0.6 is 0 Å². The van der Waals surface area contributed by atoms with Crippen LogP contribution in [0.5, 0.6) is 0 Å². The minimum atomic E-state index is -0.154. The first-order valence-electron chi connectivity index (χ1n) is 5.27. The minimum absolute atomic E-state index is 0.154. The van der Waals surface area contributed by atoms with Crippen molar-refractivity contribution in [2.24, 2.45) is 11.7 Å². The van der Waals surface area contributed by atoms with Crippen LogP contribution in [0.3, 0.4) is 0 Å². The van der Waals surface area contributed by atoms with Crippen LogP contribution in [0.4, 0.5) is 0 Å². The number of nitrogens with zero attached hydrogens (tertiary/aromatic N) is 3. The summed E-state index contributed by atoms with van der Waals surface area (Å²) in [6.45, 7) is 4.86. The maximum atomic E-state index is 5.98. The van der Waals surface area contributed by atoms with Gasteiger partial charge in [0.05, 0.1) is 12.6 Å². The molecule has 2 N–H and O–H groups in total. The standard InChI is InChI=1S/C10H20N4O/c1-5-7(2)9(11)10-12-8(13-15-10)6-14(3)4/h7,9H,5-6,11H2,1-4H3/t7-,9-/m0/s1. The number of aromatic nitrogens is 2. The Kier molecular flexibility index (Phi) is 4.23.